The van der Waals surface area contributed by atoms with Crippen LogP contribution in [0.25, 0.3) is 0 Å². The van der Waals surface area contributed by atoms with Gasteiger partial charge in [-0.2, -0.15) is 0 Å². The third-order valence-corrected chi connectivity index (χ3v) is 5.83. The van der Waals surface area contributed by atoms with Crippen molar-refractivity contribution in [2.75, 3.05) is 39.9 Å². The number of ether oxygens (including phenoxy) is 1. The van der Waals surface area contributed by atoms with Gasteiger partial charge in [-0.25, -0.2) is 4.39 Å². The van der Waals surface area contributed by atoms with Crippen molar-refractivity contribution in [2.24, 2.45) is 11.8 Å². The van der Waals surface area contributed by atoms with Crippen LogP contribution in [0.5, 0.6) is 0 Å². The first-order valence-corrected chi connectivity index (χ1v) is 9.86. The Bertz CT molecular complexity index is 633. The van der Waals surface area contributed by atoms with E-state index < -0.39 is 0 Å². The fourth-order valence-electron chi connectivity index (χ4n) is 4.16. The standard InChI is InChI=1S/C21H29FN2O3/c1-27-15-20(25)23-12-8-18(9-13-23)21(26)24-10-6-17(7-11-24)14-16-2-4-19(22)5-3-16/h2-5,17-18H,6-15H2,1H3. The lowest BCUT2D eigenvalue weighted by molar-refractivity contribution is -0.143. The Kier molecular flexibility index (Phi) is 6.83. The lowest BCUT2D eigenvalue weighted by atomic mass is 9.88. The van der Waals surface area contributed by atoms with Crippen LogP contribution in [0.2, 0.25) is 0 Å². The topological polar surface area (TPSA) is 49.9 Å². The van der Waals surface area contributed by atoms with Crippen molar-refractivity contribution in [1.29, 1.82) is 0 Å². The third kappa shape index (κ3) is 5.28. The summed E-state index contributed by atoms with van der Waals surface area (Å²) in [5.41, 5.74) is 1.16. The fourth-order valence-corrected chi connectivity index (χ4v) is 4.16. The lowest BCUT2D eigenvalue weighted by Crippen LogP contribution is -2.47. The van der Waals surface area contributed by atoms with Crippen LogP contribution in [-0.4, -0.2) is 61.5 Å². The van der Waals surface area contributed by atoms with Crippen molar-refractivity contribution in [1.82, 2.24) is 9.80 Å². The fraction of sp³-hybridized carbons (Fsp3) is 0.619. The second-order valence-electron chi connectivity index (χ2n) is 7.69. The average Bonchev–Trinajstić information content (AvgIpc) is 2.70. The van der Waals surface area contributed by atoms with Crippen molar-refractivity contribution >= 4 is 11.8 Å². The second kappa shape index (κ2) is 9.31. The maximum Gasteiger partial charge on any atom is 0.248 e. The normalized spacial score (nSPS) is 19.3. The van der Waals surface area contributed by atoms with E-state index in [0.29, 0.717) is 19.0 Å². The van der Waals surface area contributed by atoms with Crippen LogP contribution >= 0.6 is 0 Å². The summed E-state index contributed by atoms with van der Waals surface area (Å²) in [5.74, 6) is 0.631. The summed E-state index contributed by atoms with van der Waals surface area (Å²) in [4.78, 5) is 28.5. The first kappa shape index (κ1) is 19.8. The van der Waals surface area contributed by atoms with Gasteiger partial charge in [0.1, 0.15) is 12.4 Å². The van der Waals surface area contributed by atoms with Gasteiger partial charge in [0.25, 0.3) is 0 Å². The summed E-state index contributed by atoms with van der Waals surface area (Å²) in [5, 5.41) is 0. The highest BCUT2D eigenvalue weighted by Crippen LogP contribution is 2.26. The van der Waals surface area contributed by atoms with E-state index in [1.165, 1.54) is 19.2 Å². The number of rotatable bonds is 5. The monoisotopic (exact) mass is 376 g/mol. The maximum atomic E-state index is 13.0. The molecule has 27 heavy (non-hydrogen) atoms. The molecule has 0 atom stereocenters. The number of hydrogen-bond donors (Lipinski definition) is 0. The van der Waals surface area contributed by atoms with Crippen molar-refractivity contribution < 1.29 is 18.7 Å². The molecular formula is C21H29FN2O3. The largest absolute Gasteiger partial charge is 0.375 e. The SMILES string of the molecule is COCC(=O)N1CCC(C(=O)N2CCC(Cc3ccc(F)cc3)CC2)CC1. The van der Waals surface area contributed by atoms with E-state index in [2.05, 4.69) is 0 Å². The molecule has 0 N–H and O–H groups in total. The Morgan fingerprint density at radius 1 is 1.00 bits per heavy atom. The van der Waals surface area contributed by atoms with E-state index in [1.807, 2.05) is 17.0 Å². The minimum atomic E-state index is -0.200. The van der Waals surface area contributed by atoms with Gasteiger partial charge in [0.15, 0.2) is 0 Å². The molecule has 5 nitrogen and oxygen atoms in total. The highest BCUT2D eigenvalue weighted by molar-refractivity contribution is 5.80. The van der Waals surface area contributed by atoms with Crippen LogP contribution in [0, 0.1) is 17.7 Å². The molecule has 0 aromatic heterocycles. The molecule has 6 heteroatoms. The highest BCUT2D eigenvalue weighted by atomic mass is 19.1. The number of piperidine rings is 2. The lowest BCUT2D eigenvalue weighted by Gasteiger charge is -2.37. The Morgan fingerprint density at radius 3 is 2.19 bits per heavy atom. The van der Waals surface area contributed by atoms with Crippen LogP contribution in [0.4, 0.5) is 4.39 Å². The summed E-state index contributed by atoms with van der Waals surface area (Å²) in [6, 6.07) is 6.73. The number of amides is 2. The molecule has 2 aliphatic heterocycles. The van der Waals surface area contributed by atoms with Gasteiger partial charge in [-0.15, -0.1) is 0 Å². The Balaban J connectivity index is 1.42. The van der Waals surface area contributed by atoms with E-state index in [-0.39, 0.29) is 30.2 Å². The second-order valence-corrected chi connectivity index (χ2v) is 7.69. The van der Waals surface area contributed by atoms with Gasteiger partial charge in [-0.1, -0.05) is 12.1 Å². The number of hydrogen-bond acceptors (Lipinski definition) is 3. The average molecular weight is 376 g/mol. The number of likely N-dealkylation sites (tertiary alicyclic amines) is 2. The van der Waals surface area contributed by atoms with E-state index >= 15 is 0 Å². The van der Waals surface area contributed by atoms with Crippen molar-refractivity contribution in [3.8, 4) is 0 Å². The summed E-state index contributed by atoms with van der Waals surface area (Å²) >= 11 is 0. The zero-order valence-electron chi connectivity index (χ0n) is 16.0. The summed E-state index contributed by atoms with van der Waals surface area (Å²) in [7, 11) is 1.52. The van der Waals surface area contributed by atoms with Crippen LogP contribution in [-0.2, 0) is 20.7 Å². The van der Waals surface area contributed by atoms with Crippen LogP contribution in [0.15, 0.2) is 24.3 Å². The molecule has 3 rings (SSSR count). The van der Waals surface area contributed by atoms with Crippen LogP contribution in [0.3, 0.4) is 0 Å². The van der Waals surface area contributed by atoms with E-state index in [4.69, 9.17) is 4.74 Å². The molecule has 0 saturated carbocycles. The Labute approximate surface area is 160 Å². The van der Waals surface area contributed by atoms with Gasteiger partial charge in [0.05, 0.1) is 0 Å². The summed E-state index contributed by atoms with van der Waals surface area (Å²) in [6.45, 7) is 2.99. The molecule has 2 saturated heterocycles. The van der Waals surface area contributed by atoms with Gasteiger partial charge in [-0.3, -0.25) is 9.59 Å². The molecule has 0 spiro atoms. The molecular weight excluding hydrogens is 347 g/mol. The minimum absolute atomic E-state index is 0.00464. The van der Waals surface area contributed by atoms with E-state index in [9.17, 15) is 14.0 Å². The minimum Gasteiger partial charge on any atom is -0.375 e. The number of methoxy groups -OCH3 is 1. The van der Waals surface area contributed by atoms with Crippen molar-refractivity contribution in [3.05, 3.63) is 35.6 Å². The molecule has 2 heterocycles. The van der Waals surface area contributed by atoms with Gasteiger partial charge < -0.3 is 14.5 Å². The smallest absolute Gasteiger partial charge is 0.248 e. The predicted molar refractivity (Wildman–Crippen MR) is 101 cm³/mol. The number of carbonyl (C=O) groups is 2. The molecule has 0 unspecified atom stereocenters. The number of benzene rings is 1. The Morgan fingerprint density at radius 2 is 1.59 bits per heavy atom. The molecule has 148 valence electrons. The molecule has 0 aliphatic carbocycles. The van der Waals surface area contributed by atoms with Crippen LogP contribution < -0.4 is 0 Å². The maximum absolute atomic E-state index is 13.0. The van der Waals surface area contributed by atoms with E-state index in [0.717, 1.165) is 50.8 Å². The Hall–Kier alpha value is -1.95. The third-order valence-electron chi connectivity index (χ3n) is 5.83. The summed E-state index contributed by atoms with van der Waals surface area (Å²) in [6.07, 6.45) is 4.42. The molecule has 2 aliphatic rings. The van der Waals surface area contributed by atoms with Gasteiger partial charge in [0, 0.05) is 39.2 Å². The van der Waals surface area contributed by atoms with Gasteiger partial charge in [-0.05, 0) is 55.7 Å². The van der Waals surface area contributed by atoms with Crippen LogP contribution in [0.1, 0.15) is 31.2 Å². The number of nitrogens with zero attached hydrogens (tertiary/aromatic N) is 2. The van der Waals surface area contributed by atoms with Gasteiger partial charge in [0.2, 0.25) is 11.8 Å². The van der Waals surface area contributed by atoms with Gasteiger partial charge >= 0.3 is 0 Å². The number of halogens is 1. The predicted octanol–water partition coefficient (Wildman–Crippen LogP) is 2.49. The molecule has 0 radical (unpaired) electrons. The molecule has 2 fully saturated rings. The molecule has 2 amide bonds. The summed E-state index contributed by atoms with van der Waals surface area (Å²) < 4.78 is 17.9. The first-order chi connectivity index (χ1) is 13.1. The van der Waals surface area contributed by atoms with Crippen molar-refractivity contribution in [2.45, 2.75) is 32.1 Å². The highest BCUT2D eigenvalue weighted by Gasteiger charge is 2.32. The number of carbonyl (C=O) groups excluding carboxylic acids is 2. The quantitative estimate of drug-likeness (QED) is 0.793. The first-order valence-electron chi connectivity index (χ1n) is 9.86. The zero-order chi connectivity index (χ0) is 19.2. The molecule has 0 bridgehead atoms. The molecule has 1 aromatic carbocycles. The molecule has 1 aromatic rings. The zero-order valence-corrected chi connectivity index (χ0v) is 16.0. The van der Waals surface area contributed by atoms with Crippen molar-refractivity contribution in [3.63, 3.8) is 0 Å². The van der Waals surface area contributed by atoms with E-state index in [1.54, 1.807) is 4.90 Å².